The lowest BCUT2D eigenvalue weighted by atomic mass is 9.81. The largest absolute Gasteiger partial charge is 0.289 e. The van der Waals surface area contributed by atoms with Crippen molar-refractivity contribution in [2.45, 2.75) is 13.8 Å². The van der Waals surface area contributed by atoms with Crippen molar-refractivity contribution in [3.63, 3.8) is 0 Å². The summed E-state index contributed by atoms with van der Waals surface area (Å²) in [7, 11) is 0. The Morgan fingerprint density at radius 1 is 0.364 bits per heavy atom. The van der Waals surface area contributed by atoms with Gasteiger partial charge in [-0.15, -0.1) is 0 Å². The van der Waals surface area contributed by atoms with Crippen molar-refractivity contribution in [1.82, 2.24) is 0 Å². The molecule has 3 heteroatoms. The van der Waals surface area contributed by atoms with E-state index in [9.17, 15) is 14.4 Å². The summed E-state index contributed by atoms with van der Waals surface area (Å²) >= 11 is 0. The van der Waals surface area contributed by atoms with E-state index < -0.39 is 0 Å². The summed E-state index contributed by atoms with van der Waals surface area (Å²) in [6.07, 6.45) is 0. The number of aryl methyl sites for hydroxylation is 2. The first-order valence-corrected chi connectivity index (χ1v) is 14.6. The van der Waals surface area contributed by atoms with Gasteiger partial charge in [0.25, 0.3) is 0 Å². The molecule has 0 aliphatic carbocycles. The van der Waals surface area contributed by atoms with Crippen molar-refractivity contribution in [3.05, 3.63) is 190 Å². The zero-order valence-corrected chi connectivity index (χ0v) is 24.6. The Kier molecular flexibility index (Phi) is 7.94. The lowest BCUT2D eigenvalue weighted by molar-refractivity contribution is 0.102. The van der Waals surface area contributed by atoms with Crippen LogP contribution in [0.4, 0.5) is 0 Å². The SMILES string of the molecule is Cc1cccc(-c2cccc(C(=O)c3ccccc3)c2-c2cccc(C)c2C(=O)c2ccccc2)c1C(=O)c1ccccc1. The van der Waals surface area contributed by atoms with Gasteiger partial charge in [-0.05, 0) is 41.7 Å². The van der Waals surface area contributed by atoms with Crippen molar-refractivity contribution >= 4 is 17.3 Å². The van der Waals surface area contributed by atoms with E-state index >= 15 is 0 Å². The molecule has 0 saturated carbocycles. The third kappa shape index (κ3) is 5.32. The fourth-order valence-electron chi connectivity index (χ4n) is 5.84. The molecule has 0 aliphatic heterocycles. The highest BCUT2D eigenvalue weighted by atomic mass is 16.1. The molecule has 3 nitrogen and oxygen atoms in total. The minimum Gasteiger partial charge on any atom is -0.289 e. The standard InChI is InChI=1S/C41H30O3/c1-27-15-12-23-32(36(27)40(43)30-19-8-4-9-20-30)33-24-14-26-35(39(42)29-17-6-3-7-18-29)38(33)34-25-13-16-28(2)37(34)41(44)31-21-10-5-11-22-31/h3-26H,1-2H3. The minimum atomic E-state index is -0.161. The van der Waals surface area contributed by atoms with Gasteiger partial charge < -0.3 is 0 Å². The molecule has 6 aromatic carbocycles. The summed E-state index contributed by atoms with van der Waals surface area (Å²) in [5.74, 6) is -0.392. The molecule has 6 rings (SSSR count). The van der Waals surface area contributed by atoms with Gasteiger partial charge in [-0.2, -0.15) is 0 Å². The quantitative estimate of drug-likeness (QED) is 0.171. The summed E-state index contributed by atoms with van der Waals surface area (Å²) in [4.78, 5) is 42.4. The number of ketones is 3. The second kappa shape index (κ2) is 12.3. The van der Waals surface area contributed by atoms with Gasteiger partial charge in [0.05, 0.1) is 0 Å². The first kappa shape index (κ1) is 28.4. The lowest BCUT2D eigenvalue weighted by Gasteiger charge is -2.21. The Balaban J connectivity index is 1.68. The Hall–Kier alpha value is -5.67. The van der Waals surface area contributed by atoms with Gasteiger partial charge in [0.2, 0.25) is 0 Å². The number of hydrogen-bond donors (Lipinski definition) is 0. The van der Waals surface area contributed by atoms with Gasteiger partial charge in [-0.1, -0.05) is 146 Å². The predicted octanol–water partition coefficient (Wildman–Crippen LogP) is 9.33. The van der Waals surface area contributed by atoms with Crippen LogP contribution in [0.25, 0.3) is 22.3 Å². The van der Waals surface area contributed by atoms with E-state index in [-0.39, 0.29) is 17.3 Å². The normalized spacial score (nSPS) is 10.8. The molecule has 0 heterocycles. The summed E-state index contributed by atoms with van der Waals surface area (Å²) < 4.78 is 0. The van der Waals surface area contributed by atoms with Crippen LogP contribution in [0.1, 0.15) is 58.9 Å². The molecular formula is C41H30O3. The third-order valence-corrected chi connectivity index (χ3v) is 7.98. The molecule has 44 heavy (non-hydrogen) atoms. The summed E-state index contributed by atoms with van der Waals surface area (Å²) in [5.41, 5.74) is 7.54. The van der Waals surface area contributed by atoms with E-state index in [1.54, 1.807) is 24.3 Å². The van der Waals surface area contributed by atoms with Crippen molar-refractivity contribution in [2.24, 2.45) is 0 Å². The molecule has 0 bridgehead atoms. The number of hydrogen-bond acceptors (Lipinski definition) is 3. The Morgan fingerprint density at radius 3 is 1.25 bits per heavy atom. The molecule has 6 aromatic rings. The van der Waals surface area contributed by atoms with Crippen LogP contribution in [0.3, 0.4) is 0 Å². The Bertz CT molecular complexity index is 2010. The van der Waals surface area contributed by atoms with Gasteiger partial charge in [0, 0.05) is 38.9 Å². The van der Waals surface area contributed by atoms with E-state index in [0.29, 0.717) is 55.6 Å². The molecule has 0 radical (unpaired) electrons. The molecular weight excluding hydrogens is 540 g/mol. The van der Waals surface area contributed by atoms with Crippen molar-refractivity contribution < 1.29 is 14.4 Å². The van der Waals surface area contributed by atoms with E-state index in [1.165, 1.54) is 0 Å². The molecule has 0 saturated heterocycles. The summed E-state index contributed by atoms with van der Waals surface area (Å²) in [6, 6.07) is 44.6. The zero-order chi connectivity index (χ0) is 30.6. The van der Waals surface area contributed by atoms with E-state index in [4.69, 9.17) is 0 Å². The lowest BCUT2D eigenvalue weighted by Crippen LogP contribution is -2.11. The number of benzene rings is 6. The van der Waals surface area contributed by atoms with Crippen LogP contribution in [0.5, 0.6) is 0 Å². The molecule has 0 N–H and O–H groups in total. The highest BCUT2D eigenvalue weighted by Crippen LogP contribution is 2.41. The highest BCUT2D eigenvalue weighted by Gasteiger charge is 2.27. The first-order valence-electron chi connectivity index (χ1n) is 14.6. The van der Waals surface area contributed by atoms with Crippen LogP contribution >= 0.6 is 0 Å². The van der Waals surface area contributed by atoms with Crippen LogP contribution in [0, 0.1) is 13.8 Å². The fourth-order valence-corrected chi connectivity index (χ4v) is 5.84. The number of carbonyl (C=O) groups excluding carboxylic acids is 3. The highest BCUT2D eigenvalue weighted by molar-refractivity contribution is 6.20. The molecule has 0 atom stereocenters. The number of carbonyl (C=O) groups is 3. The van der Waals surface area contributed by atoms with Crippen LogP contribution in [-0.4, -0.2) is 17.3 Å². The smallest absolute Gasteiger partial charge is 0.193 e. The van der Waals surface area contributed by atoms with Gasteiger partial charge in [-0.25, -0.2) is 0 Å². The van der Waals surface area contributed by atoms with Crippen molar-refractivity contribution in [2.75, 3.05) is 0 Å². The molecule has 0 fully saturated rings. The van der Waals surface area contributed by atoms with Gasteiger partial charge in [-0.3, -0.25) is 14.4 Å². The zero-order valence-electron chi connectivity index (χ0n) is 24.6. The van der Waals surface area contributed by atoms with Gasteiger partial charge >= 0.3 is 0 Å². The van der Waals surface area contributed by atoms with Crippen LogP contribution in [0.15, 0.2) is 146 Å². The van der Waals surface area contributed by atoms with Crippen LogP contribution in [-0.2, 0) is 0 Å². The first-order chi connectivity index (χ1) is 21.5. The molecule has 0 spiro atoms. The van der Waals surface area contributed by atoms with E-state index in [0.717, 1.165) is 11.1 Å². The second-order valence-electron chi connectivity index (χ2n) is 10.8. The average Bonchev–Trinajstić information content (AvgIpc) is 3.08. The monoisotopic (exact) mass is 570 g/mol. The maximum Gasteiger partial charge on any atom is 0.193 e. The van der Waals surface area contributed by atoms with Crippen molar-refractivity contribution in [3.8, 4) is 22.3 Å². The fraction of sp³-hybridized carbons (Fsp3) is 0.0488. The third-order valence-electron chi connectivity index (χ3n) is 7.98. The summed E-state index contributed by atoms with van der Waals surface area (Å²) in [5, 5.41) is 0. The molecule has 0 aromatic heterocycles. The average molecular weight is 571 g/mol. The Morgan fingerprint density at radius 2 is 0.750 bits per heavy atom. The van der Waals surface area contributed by atoms with Crippen LogP contribution < -0.4 is 0 Å². The van der Waals surface area contributed by atoms with E-state index in [1.807, 2.05) is 135 Å². The van der Waals surface area contributed by atoms with E-state index in [2.05, 4.69) is 0 Å². The maximum atomic E-state index is 14.2. The van der Waals surface area contributed by atoms with Gasteiger partial charge in [0.15, 0.2) is 17.3 Å². The molecule has 0 unspecified atom stereocenters. The number of rotatable bonds is 8. The van der Waals surface area contributed by atoms with Crippen molar-refractivity contribution in [1.29, 1.82) is 0 Å². The molecule has 0 amide bonds. The minimum absolute atomic E-state index is 0.103. The van der Waals surface area contributed by atoms with Crippen LogP contribution in [0.2, 0.25) is 0 Å². The predicted molar refractivity (Wildman–Crippen MR) is 176 cm³/mol. The molecule has 212 valence electrons. The Labute approximate surface area is 257 Å². The topological polar surface area (TPSA) is 51.2 Å². The molecule has 0 aliphatic rings. The summed E-state index contributed by atoms with van der Waals surface area (Å²) in [6.45, 7) is 3.84. The maximum absolute atomic E-state index is 14.2. The second-order valence-corrected chi connectivity index (χ2v) is 10.8. The van der Waals surface area contributed by atoms with Gasteiger partial charge in [0.1, 0.15) is 0 Å².